The van der Waals surface area contributed by atoms with Gasteiger partial charge in [0.05, 0.1) is 13.0 Å². The Balaban J connectivity index is 3.36. The average molecular weight is 264 g/mol. The SMILES string of the molecule is COC(=O)C(C(C)C)C(O)(c1ccccc1)C(C)C. The van der Waals surface area contributed by atoms with Crippen LogP contribution in [-0.4, -0.2) is 18.2 Å². The zero-order valence-electron chi connectivity index (χ0n) is 12.4. The highest BCUT2D eigenvalue weighted by atomic mass is 16.5. The Morgan fingerprint density at radius 2 is 1.68 bits per heavy atom. The zero-order valence-corrected chi connectivity index (χ0v) is 12.4. The predicted octanol–water partition coefficient (Wildman–Crippen LogP) is 2.98. The molecule has 0 bridgehead atoms. The zero-order chi connectivity index (χ0) is 14.6. The van der Waals surface area contributed by atoms with Crippen molar-refractivity contribution in [1.29, 1.82) is 0 Å². The molecule has 2 unspecified atom stereocenters. The minimum atomic E-state index is -1.22. The summed E-state index contributed by atoms with van der Waals surface area (Å²) in [5.41, 5.74) is -0.461. The van der Waals surface area contributed by atoms with E-state index >= 15 is 0 Å². The summed E-state index contributed by atoms with van der Waals surface area (Å²) in [5.74, 6) is -1.06. The molecule has 1 N–H and O–H groups in total. The van der Waals surface area contributed by atoms with Gasteiger partial charge in [0.1, 0.15) is 5.60 Å². The van der Waals surface area contributed by atoms with Gasteiger partial charge in [0.2, 0.25) is 0 Å². The van der Waals surface area contributed by atoms with E-state index in [1.165, 1.54) is 7.11 Å². The highest BCUT2D eigenvalue weighted by Crippen LogP contribution is 2.41. The van der Waals surface area contributed by atoms with Gasteiger partial charge in [-0.25, -0.2) is 0 Å². The molecule has 0 amide bonds. The first-order valence-corrected chi connectivity index (χ1v) is 6.71. The minimum absolute atomic E-state index is 0.0138. The molecule has 0 fully saturated rings. The molecular formula is C16H24O3. The number of carbonyl (C=O) groups excluding carboxylic acids is 1. The summed E-state index contributed by atoms with van der Waals surface area (Å²) in [7, 11) is 1.36. The van der Waals surface area contributed by atoms with Gasteiger partial charge in [-0.2, -0.15) is 0 Å². The van der Waals surface area contributed by atoms with Crippen molar-refractivity contribution >= 4 is 5.97 Å². The lowest BCUT2D eigenvalue weighted by Gasteiger charge is -2.40. The number of hydrogen-bond acceptors (Lipinski definition) is 3. The molecule has 0 radical (unpaired) electrons. The highest BCUT2D eigenvalue weighted by Gasteiger charge is 2.47. The predicted molar refractivity (Wildman–Crippen MR) is 75.5 cm³/mol. The van der Waals surface area contributed by atoms with Crippen LogP contribution in [0.15, 0.2) is 30.3 Å². The first-order valence-electron chi connectivity index (χ1n) is 6.71. The van der Waals surface area contributed by atoms with Gasteiger partial charge in [0.15, 0.2) is 0 Å². The Morgan fingerprint density at radius 3 is 2.05 bits per heavy atom. The Morgan fingerprint density at radius 1 is 1.16 bits per heavy atom. The lowest BCUT2D eigenvalue weighted by atomic mass is 9.69. The van der Waals surface area contributed by atoms with Gasteiger partial charge in [-0.05, 0) is 17.4 Å². The molecule has 0 spiro atoms. The monoisotopic (exact) mass is 264 g/mol. The molecule has 1 aromatic carbocycles. The minimum Gasteiger partial charge on any atom is -0.469 e. The van der Waals surface area contributed by atoms with Crippen molar-refractivity contribution in [3.8, 4) is 0 Å². The maximum Gasteiger partial charge on any atom is 0.312 e. The molecule has 0 aliphatic rings. The third kappa shape index (κ3) is 2.98. The standard InChI is InChI=1S/C16H24O3/c1-11(2)14(15(17)19-5)16(18,12(3)4)13-9-7-6-8-10-13/h6-12,14,18H,1-5H3. The smallest absolute Gasteiger partial charge is 0.312 e. The largest absolute Gasteiger partial charge is 0.469 e. The summed E-state index contributed by atoms with van der Waals surface area (Å²) in [4.78, 5) is 12.1. The normalized spacial score (nSPS) is 16.2. The molecule has 0 heterocycles. The number of ether oxygens (including phenoxy) is 1. The molecule has 19 heavy (non-hydrogen) atoms. The number of benzene rings is 1. The molecule has 106 valence electrons. The Labute approximate surface area is 115 Å². The maximum atomic E-state index is 12.1. The van der Waals surface area contributed by atoms with Crippen molar-refractivity contribution in [2.24, 2.45) is 17.8 Å². The van der Waals surface area contributed by atoms with Crippen LogP contribution in [0, 0.1) is 17.8 Å². The van der Waals surface area contributed by atoms with Crippen molar-refractivity contribution in [2.45, 2.75) is 33.3 Å². The van der Waals surface area contributed by atoms with Gasteiger partial charge in [-0.3, -0.25) is 4.79 Å². The van der Waals surface area contributed by atoms with E-state index in [9.17, 15) is 9.90 Å². The summed E-state index contributed by atoms with van der Waals surface area (Å²) < 4.78 is 4.89. The van der Waals surface area contributed by atoms with Crippen molar-refractivity contribution < 1.29 is 14.6 Å². The summed E-state index contributed by atoms with van der Waals surface area (Å²) >= 11 is 0. The maximum absolute atomic E-state index is 12.1. The van der Waals surface area contributed by atoms with Gasteiger partial charge in [0.25, 0.3) is 0 Å². The first kappa shape index (κ1) is 15.7. The van der Waals surface area contributed by atoms with Gasteiger partial charge < -0.3 is 9.84 Å². The second kappa shape index (κ2) is 6.20. The Bertz CT molecular complexity index is 411. The number of aliphatic hydroxyl groups is 1. The summed E-state index contributed by atoms with van der Waals surface area (Å²) in [5, 5.41) is 11.2. The van der Waals surface area contributed by atoms with E-state index in [1.54, 1.807) is 0 Å². The quantitative estimate of drug-likeness (QED) is 0.832. The topological polar surface area (TPSA) is 46.5 Å². The van der Waals surface area contributed by atoms with Gasteiger partial charge in [-0.1, -0.05) is 58.0 Å². The number of carbonyl (C=O) groups is 1. The van der Waals surface area contributed by atoms with Crippen LogP contribution in [0.4, 0.5) is 0 Å². The lowest BCUT2D eigenvalue weighted by Crippen LogP contribution is -2.47. The Kier molecular flexibility index (Phi) is 5.12. The van der Waals surface area contributed by atoms with Crippen LogP contribution in [0.1, 0.15) is 33.3 Å². The molecule has 0 saturated carbocycles. The van der Waals surface area contributed by atoms with E-state index in [4.69, 9.17) is 4.74 Å². The number of hydrogen-bond donors (Lipinski definition) is 1. The van der Waals surface area contributed by atoms with Crippen molar-refractivity contribution in [3.63, 3.8) is 0 Å². The fraction of sp³-hybridized carbons (Fsp3) is 0.562. The second-order valence-electron chi connectivity index (χ2n) is 5.59. The van der Waals surface area contributed by atoms with Gasteiger partial charge in [0, 0.05) is 0 Å². The summed E-state index contributed by atoms with van der Waals surface area (Å²) in [6.07, 6.45) is 0. The van der Waals surface area contributed by atoms with Crippen molar-refractivity contribution in [3.05, 3.63) is 35.9 Å². The molecule has 0 saturated heterocycles. The number of methoxy groups -OCH3 is 1. The van der Waals surface area contributed by atoms with Crippen LogP contribution in [0.3, 0.4) is 0 Å². The first-order chi connectivity index (χ1) is 8.85. The van der Waals surface area contributed by atoms with Crippen LogP contribution < -0.4 is 0 Å². The van der Waals surface area contributed by atoms with Crippen molar-refractivity contribution in [1.82, 2.24) is 0 Å². The highest BCUT2D eigenvalue weighted by molar-refractivity contribution is 5.74. The molecule has 0 aliphatic heterocycles. The third-order valence-electron chi connectivity index (χ3n) is 3.71. The van der Waals surface area contributed by atoms with Crippen LogP contribution >= 0.6 is 0 Å². The van der Waals surface area contributed by atoms with Crippen LogP contribution in [-0.2, 0) is 15.1 Å². The molecule has 0 aromatic heterocycles. The molecule has 0 aliphatic carbocycles. The fourth-order valence-corrected chi connectivity index (χ4v) is 2.66. The van der Waals surface area contributed by atoms with Gasteiger partial charge in [-0.15, -0.1) is 0 Å². The van der Waals surface area contributed by atoms with E-state index in [0.29, 0.717) is 0 Å². The number of rotatable bonds is 5. The lowest BCUT2D eigenvalue weighted by molar-refractivity contribution is -0.166. The molecular weight excluding hydrogens is 240 g/mol. The Hall–Kier alpha value is -1.35. The fourth-order valence-electron chi connectivity index (χ4n) is 2.66. The van der Waals surface area contributed by atoms with E-state index in [2.05, 4.69) is 0 Å². The molecule has 3 nitrogen and oxygen atoms in total. The third-order valence-corrected chi connectivity index (χ3v) is 3.71. The van der Waals surface area contributed by atoms with E-state index in [0.717, 1.165) is 5.56 Å². The van der Waals surface area contributed by atoms with E-state index in [-0.39, 0.29) is 17.8 Å². The molecule has 3 heteroatoms. The molecule has 2 atom stereocenters. The second-order valence-corrected chi connectivity index (χ2v) is 5.59. The van der Waals surface area contributed by atoms with Crippen molar-refractivity contribution in [2.75, 3.05) is 7.11 Å². The van der Waals surface area contributed by atoms with Crippen LogP contribution in [0.5, 0.6) is 0 Å². The summed E-state index contributed by atoms with van der Waals surface area (Å²) in [6.45, 7) is 7.70. The number of esters is 1. The average Bonchev–Trinajstić information content (AvgIpc) is 2.38. The van der Waals surface area contributed by atoms with Gasteiger partial charge >= 0.3 is 5.97 Å². The molecule has 1 rings (SSSR count). The van der Waals surface area contributed by atoms with E-state index < -0.39 is 11.5 Å². The van der Waals surface area contributed by atoms with E-state index in [1.807, 2.05) is 58.0 Å². The molecule has 1 aromatic rings. The van der Waals surface area contributed by atoms with Crippen LogP contribution in [0.25, 0.3) is 0 Å². The van der Waals surface area contributed by atoms with Crippen LogP contribution in [0.2, 0.25) is 0 Å². The summed E-state index contributed by atoms with van der Waals surface area (Å²) in [6, 6.07) is 9.36.